The minimum Gasteiger partial charge on any atom is -0.479 e. The third-order valence-corrected chi connectivity index (χ3v) is 3.59. The van der Waals surface area contributed by atoms with Gasteiger partial charge in [-0.1, -0.05) is 22.0 Å². The number of hydrogen-bond donors (Lipinski definition) is 3. The van der Waals surface area contributed by atoms with Crippen molar-refractivity contribution < 1.29 is 19.8 Å². The lowest BCUT2D eigenvalue weighted by Crippen LogP contribution is -2.11. The highest BCUT2D eigenvalue weighted by atomic mass is 79.9. The summed E-state index contributed by atoms with van der Waals surface area (Å²) in [6.07, 6.45) is -1.62. The maximum absolute atomic E-state index is 11.2. The number of halogens is 1. The Labute approximate surface area is 112 Å². The van der Waals surface area contributed by atoms with E-state index in [1.165, 1.54) is 19.1 Å². The Morgan fingerprint density at radius 1 is 1.29 bits per heavy atom. The van der Waals surface area contributed by atoms with Crippen molar-refractivity contribution in [2.24, 2.45) is 0 Å². The van der Waals surface area contributed by atoms with Crippen molar-refractivity contribution >= 4 is 40.3 Å². The number of carbonyl (C=O) groups excluding carboxylic acids is 1. The maximum atomic E-state index is 11.2. The second-order valence-corrected chi connectivity index (χ2v) is 5.00. The van der Waals surface area contributed by atoms with Crippen molar-refractivity contribution in [1.29, 1.82) is 0 Å². The summed E-state index contributed by atoms with van der Waals surface area (Å²) in [7, 11) is 0. The lowest BCUT2D eigenvalue weighted by Gasteiger charge is -2.12. The molecule has 0 heterocycles. The van der Waals surface area contributed by atoms with Gasteiger partial charge < -0.3 is 10.2 Å². The van der Waals surface area contributed by atoms with E-state index in [1.807, 2.05) is 0 Å². The van der Waals surface area contributed by atoms with Crippen LogP contribution in [0.2, 0.25) is 0 Å². The number of ketones is 1. The molecule has 92 valence electrons. The molecule has 0 radical (unpaired) electrons. The van der Waals surface area contributed by atoms with Gasteiger partial charge in [-0.05, 0) is 30.2 Å². The quantitative estimate of drug-likeness (QED) is 0.587. The van der Waals surface area contributed by atoms with Gasteiger partial charge in [-0.25, -0.2) is 4.79 Å². The Kier molecular flexibility index (Phi) is 4.73. The van der Waals surface area contributed by atoms with Crippen LogP contribution in [-0.4, -0.2) is 22.0 Å². The first kappa shape index (κ1) is 14.2. The van der Waals surface area contributed by atoms with Gasteiger partial charge in [0.2, 0.25) is 0 Å². The number of thiol groups is 1. The Morgan fingerprint density at radius 3 is 2.29 bits per heavy atom. The van der Waals surface area contributed by atoms with Gasteiger partial charge >= 0.3 is 5.97 Å². The molecule has 1 rings (SSSR count). The molecule has 0 amide bonds. The number of carboxylic acid groups (broad SMARTS) is 1. The molecule has 0 aliphatic rings. The predicted molar refractivity (Wildman–Crippen MR) is 68.6 cm³/mol. The first-order valence-corrected chi connectivity index (χ1v) is 6.08. The van der Waals surface area contributed by atoms with E-state index in [0.29, 0.717) is 10.5 Å². The normalized spacial score (nSPS) is 14.1. The highest BCUT2D eigenvalue weighted by molar-refractivity contribution is 9.09. The van der Waals surface area contributed by atoms with E-state index in [1.54, 1.807) is 6.07 Å². The largest absolute Gasteiger partial charge is 0.479 e. The van der Waals surface area contributed by atoms with E-state index in [-0.39, 0.29) is 11.3 Å². The van der Waals surface area contributed by atoms with Gasteiger partial charge in [0.1, 0.15) is 5.78 Å². The first-order valence-electron chi connectivity index (χ1n) is 4.72. The molecule has 1 aromatic rings. The zero-order valence-electron chi connectivity index (χ0n) is 8.92. The van der Waals surface area contributed by atoms with E-state index in [4.69, 9.17) is 5.11 Å². The van der Waals surface area contributed by atoms with E-state index in [2.05, 4.69) is 28.6 Å². The molecular formula is C11H11BrO4S. The van der Waals surface area contributed by atoms with Crippen LogP contribution in [0.5, 0.6) is 0 Å². The van der Waals surface area contributed by atoms with Crippen LogP contribution >= 0.6 is 28.6 Å². The first-order chi connectivity index (χ1) is 7.82. The molecule has 1 aromatic carbocycles. The molecule has 0 spiro atoms. The fraction of sp³-hybridized carbons (Fsp3) is 0.273. The lowest BCUT2D eigenvalue weighted by molar-refractivity contribution is -0.146. The van der Waals surface area contributed by atoms with E-state index >= 15 is 0 Å². The molecule has 0 saturated carbocycles. The predicted octanol–water partition coefficient (Wildman–Crippen LogP) is 2.12. The van der Waals surface area contributed by atoms with Crippen molar-refractivity contribution in [2.75, 3.05) is 0 Å². The summed E-state index contributed by atoms with van der Waals surface area (Å²) in [5, 5.41) is 18.1. The van der Waals surface area contributed by atoms with E-state index < -0.39 is 16.9 Å². The molecule has 0 saturated heterocycles. The third kappa shape index (κ3) is 3.55. The number of alkyl halides is 1. The molecule has 0 fully saturated rings. The van der Waals surface area contributed by atoms with Crippen LogP contribution in [0.4, 0.5) is 0 Å². The van der Waals surface area contributed by atoms with Gasteiger partial charge in [0.15, 0.2) is 6.10 Å². The highest BCUT2D eigenvalue weighted by Crippen LogP contribution is 2.29. The highest BCUT2D eigenvalue weighted by Gasteiger charge is 2.20. The standard InChI is InChI=1S/C11H11BrO4S/c1-5(13)9(12)6-2-7(4-8(17)3-6)10(14)11(15)16/h2-4,9-10,14,17H,1H3,(H,15,16). The molecule has 2 atom stereocenters. The smallest absolute Gasteiger partial charge is 0.337 e. The Morgan fingerprint density at radius 2 is 1.82 bits per heavy atom. The third-order valence-electron chi connectivity index (χ3n) is 2.16. The molecule has 0 aromatic heterocycles. The molecular weight excluding hydrogens is 308 g/mol. The van der Waals surface area contributed by atoms with Crippen LogP contribution in [0, 0.1) is 0 Å². The van der Waals surface area contributed by atoms with Gasteiger partial charge in [0.25, 0.3) is 0 Å². The summed E-state index contributed by atoms with van der Waals surface area (Å²) in [5.41, 5.74) is 0.769. The molecule has 0 aliphatic carbocycles. The van der Waals surface area contributed by atoms with E-state index in [9.17, 15) is 14.7 Å². The van der Waals surface area contributed by atoms with Crippen molar-refractivity contribution in [3.8, 4) is 0 Å². The van der Waals surface area contributed by atoms with Crippen LogP contribution in [-0.2, 0) is 9.59 Å². The summed E-state index contributed by atoms with van der Waals surface area (Å²) >= 11 is 7.31. The monoisotopic (exact) mass is 318 g/mol. The number of carboxylic acids is 1. The van der Waals surface area contributed by atoms with Crippen LogP contribution in [0.25, 0.3) is 0 Å². The molecule has 17 heavy (non-hydrogen) atoms. The molecule has 0 aliphatic heterocycles. The minimum atomic E-state index is -1.62. The molecule has 0 bridgehead atoms. The molecule has 2 unspecified atom stereocenters. The average Bonchev–Trinajstić information content (AvgIpc) is 2.25. The second-order valence-electron chi connectivity index (χ2n) is 3.57. The van der Waals surface area contributed by atoms with Gasteiger partial charge in [0, 0.05) is 4.90 Å². The average molecular weight is 319 g/mol. The van der Waals surface area contributed by atoms with Crippen LogP contribution < -0.4 is 0 Å². The lowest BCUT2D eigenvalue weighted by atomic mass is 10.0. The van der Waals surface area contributed by atoms with Gasteiger partial charge in [-0.3, -0.25) is 4.79 Å². The number of rotatable bonds is 4. The molecule has 2 N–H and O–H groups in total. The Bertz CT molecular complexity index is 423. The molecule has 6 heteroatoms. The number of aliphatic hydroxyl groups excluding tert-OH is 1. The minimum absolute atomic E-state index is 0.111. The fourth-order valence-electron chi connectivity index (χ4n) is 1.34. The number of carbonyl (C=O) groups is 2. The van der Waals surface area contributed by atoms with Gasteiger partial charge in [-0.15, -0.1) is 12.6 Å². The second kappa shape index (κ2) is 5.66. The zero-order valence-corrected chi connectivity index (χ0v) is 11.4. The fourth-order valence-corrected chi connectivity index (χ4v) is 1.90. The Hall–Kier alpha value is -0.850. The number of Topliss-reactive ketones (excluding diaryl/α,β-unsaturated/α-hetero) is 1. The topological polar surface area (TPSA) is 74.6 Å². The van der Waals surface area contributed by atoms with Crippen molar-refractivity contribution in [3.05, 3.63) is 29.3 Å². The summed E-state index contributed by atoms with van der Waals surface area (Å²) in [6, 6.07) is 4.56. The van der Waals surface area contributed by atoms with Crippen LogP contribution in [0.3, 0.4) is 0 Å². The summed E-state index contributed by atoms with van der Waals surface area (Å²) in [5.74, 6) is -1.46. The van der Waals surface area contributed by atoms with Gasteiger partial charge in [-0.2, -0.15) is 0 Å². The maximum Gasteiger partial charge on any atom is 0.337 e. The zero-order chi connectivity index (χ0) is 13.2. The number of hydrogen-bond acceptors (Lipinski definition) is 4. The number of aliphatic hydroxyl groups is 1. The van der Waals surface area contributed by atoms with Crippen molar-refractivity contribution in [1.82, 2.24) is 0 Å². The molecule has 4 nitrogen and oxygen atoms in total. The summed E-state index contributed by atoms with van der Waals surface area (Å²) in [4.78, 5) is 21.8. The SMILES string of the molecule is CC(=O)C(Br)c1cc(S)cc(C(O)C(=O)O)c1. The van der Waals surface area contributed by atoms with E-state index in [0.717, 1.165) is 0 Å². The summed E-state index contributed by atoms with van der Waals surface area (Å²) < 4.78 is 0. The number of aliphatic carboxylic acids is 1. The van der Waals surface area contributed by atoms with Crippen LogP contribution in [0.1, 0.15) is 29.0 Å². The summed E-state index contributed by atoms with van der Waals surface area (Å²) in [6.45, 7) is 1.41. The van der Waals surface area contributed by atoms with Crippen LogP contribution in [0.15, 0.2) is 23.1 Å². The van der Waals surface area contributed by atoms with Gasteiger partial charge in [0.05, 0.1) is 4.83 Å². The van der Waals surface area contributed by atoms with Crippen molar-refractivity contribution in [2.45, 2.75) is 22.8 Å². The Balaban J connectivity index is 3.19. The van der Waals surface area contributed by atoms with Crippen molar-refractivity contribution in [3.63, 3.8) is 0 Å². The number of benzene rings is 1.